The van der Waals surface area contributed by atoms with E-state index < -0.39 is 0 Å². The van der Waals surface area contributed by atoms with Gasteiger partial charge in [-0.1, -0.05) is 87.0 Å². The standard InChI is InChI=1S/C26H48N2/c1-8-13-15-17-19-22-24(21(6)10-3)23(20-18-16-14-9-2)28-25(27-22)26(7,11-4)12-5/h21H,8-20H2,1-7H3. The molecule has 0 fully saturated rings. The molecule has 2 heteroatoms. The number of hydrogen-bond donors (Lipinski definition) is 0. The maximum Gasteiger partial charge on any atom is 0.134 e. The molecule has 0 aliphatic rings. The highest BCUT2D eigenvalue weighted by Gasteiger charge is 2.28. The van der Waals surface area contributed by atoms with Crippen LogP contribution >= 0.6 is 0 Å². The summed E-state index contributed by atoms with van der Waals surface area (Å²) in [6, 6.07) is 0. The van der Waals surface area contributed by atoms with Gasteiger partial charge >= 0.3 is 0 Å². The molecule has 1 unspecified atom stereocenters. The molecule has 28 heavy (non-hydrogen) atoms. The topological polar surface area (TPSA) is 25.8 Å². The van der Waals surface area contributed by atoms with Crippen LogP contribution in [0.15, 0.2) is 0 Å². The highest BCUT2D eigenvalue weighted by atomic mass is 14.9. The second-order valence-electron chi connectivity index (χ2n) is 9.05. The molecular formula is C26H48N2. The Morgan fingerprint density at radius 1 is 0.714 bits per heavy atom. The number of nitrogens with zero attached hydrogens (tertiary/aromatic N) is 2. The molecule has 1 atom stereocenters. The summed E-state index contributed by atoms with van der Waals surface area (Å²) < 4.78 is 0. The van der Waals surface area contributed by atoms with Gasteiger partial charge in [0.15, 0.2) is 0 Å². The summed E-state index contributed by atoms with van der Waals surface area (Å²) in [6.07, 6.45) is 16.1. The SMILES string of the molecule is CCCCCCc1nc(C(C)(CC)CC)nc(CCCCCC)c1C(C)CC. The zero-order valence-electron chi connectivity index (χ0n) is 20.2. The number of hydrogen-bond acceptors (Lipinski definition) is 2. The highest BCUT2D eigenvalue weighted by Crippen LogP contribution is 2.33. The molecule has 0 N–H and O–H groups in total. The molecule has 0 amide bonds. The van der Waals surface area contributed by atoms with Crippen LogP contribution in [0.2, 0.25) is 0 Å². The van der Waals surface area contributed by atoms with E-state index in [4.69, 9.17) is 9.97 Å². The van der Waals surface area contributed by atoms with Gasteiger partial charge in [-0.15, -0.1) is 0 Å². The van der Waals surface area contributed by atoms with Crippen LogP contribution in [0.25, 0.3) is 0 Å². The second kappa shape index (κ2) is 13.3. The third kappa shape index (κ3) is 7.16. The first-order valence-electron chi connectivity index (χ1n) is 12.4. The molecule has 0 aliphatic heterocycles. The molecule has 1 heterocycles. The molecule has 1 rings (SSSR count). The van der Waals surface area contributed by atoms with Gasteiger partial charge in [-0.25, -0.2) is 9.97 Å². The Labute approximate surface area is 176 Å². The summed E-state index contributed by atoms with van der Waals surface area (Å²) >= 11 is 0. The van der Waals surface area contributed by atoms with Gasteiger partial charge in [-0.2, -0.15) is 0 Å². The first kappa shape index (κ1) is 25.1. The van der Waals surface area contributed by atoms with Crippen molar-refractivity contribution in [1.29, 1.82) is 0 Å². The monoisotopic (exact) mass is 388 g/mol. The van der Waals surface area contributed by atoms with Crippen molar-refractivity contribution in [2.45, 2.75) is 143 Å². The summed E-state index contributed by atoms with van der Waals surface area (Å²) in [5, 5.41) is 0. The van der Waals surface area contributed by atoms with Gasteiger partial charge in [0, 0.05) is 16.8 Å². The Morgan fingerprint density at radius 3 is 1.54 bits per heavy atom. The minimum Gasteiger partial charge on any atom is -0.237 e. The van der Waals surface area contributed by atoms with Crippen molar-refractivity contribution in [3.05, 3.63) is 22.8 Å². The van der Waals surface area contributed by atoms with Crippen molar-refractivity contribution < 1.29 is 0 Å². The molecule has 0 saturated carbocycles. The molecule has 0 radical (unpaired) electrons. The van der Waals surface area contributed by atoms with Gasteiger partial charge in [0.05, 0.1) is 0 Å². The van der Waals surface area contributed by atoms with Crippen molar-refractivity contribution in [2.24, 2.45) is 0 Å². The zero-order chi connectivity index (χ0) is 21.0. The molecule has 0 bridgehead atoms. The third-order valence-electron chi connectivity index (χ3n) is 6.84. The maximum absolute atomic E-state index is 5.25. The van der Waals surface area contributed by atoms with Crippen LogP contribution in [0, 0.1) is 0 Å². The van der Waals surface area contributed by atoms with E-state index in [0.717, 1.165) is 31.5 Å². The lowest BCUT2D eigenvalue weighted by atomic mass is 9.82. The van der Waals surface area contributed by atoms with Crippen LogP contribution in [0.3, 0.4) is 0 Å². The fourth-order valence-corrected chi connectivity index (χ4v) is 4.00. The van der Waals surface area contributed by atoms with Crippen molar-refractivity contribution in [3.8, 4) is 0 Å². The van der Waals surface area contributed by atoms with Crippen LogP contribution in [-0.2, 0) is 18.3 Å². The van der Waals surface area contributed by atoms with Crippen molar-refractivity contribution >= 4 is 0 Å². The minimum absolute atomic E-state index is 0.102. The lowest BCUT2D eigenvalue weighted by Gasteiger charge is -2.28. The molecule has 1 aromatic rings. The number of aryl methyl sites for hydroxylation is 2. The maximum atomic E-state index is 5.25. The summed E-state index contributed by atoms with van der Waals surface area (Å²) in [5.74, 6) is 1.67. The Balaban J connectivity index is 3.31. The first-order valence-corrected chi connectivity index (χ1v) is 12.4. The largest absolute Gasteiger partial charge is 0.237 e. The molecule has 1 aromatic heterocycles. The second-order valence-corrected chi connectivity index (χ2v) is 9.05. The molecule has 0 saturated heterocycles. The van der Waals surface area contributed by atoms with Gasteiger partial charge in [0.1, 0.15) is 5.82 Å². The van der Waals surface area contributed by atoms with Gasteiger partial charge in [-0.05, 0) is 56.4 Å². The van der Waals surface area contributed by atoms with Gasteiger partial charge in [-0.3, -0.25) is 0 Å². The molecule has 0 spiro atoms. The fourth-order valence-electron chi connectivity index (χ4n) is 4.00. The molecule has 0 aliphatic carbocycles. The normalized spacial score (nSPS) is 13.1. The minimum atomic E-state index is 0.102. The smallest absolute Gasteiger partial charge is 0.134 e. The van der Waals surface area contributed by atoms with E-state index in [9.17, 15) is 0 Å². The van der Waals surface area contributed by atoms with Gasteiger partial charge in [0.25, 0.3) is 0 Å². The van der Waals surface area contributed by atoms with E-state index >= 15 is 0 Å². The van der Waals surface area contributed by atoms with Crippen molar-refractivity contribution in [2.75, 3.05) is 0 Å². The van der Waals surface area contributed by atoms with E-state index in [1.54, 1.807) is 0 Å². The molecular weight excluding hydrogens is 340 g/mol. The van der Waals surface area contributed by atoms with Crippen LogP contribution in [0.1, 0.15) is 148 Å². The average Bonchev–Trinajstić information content (AvgIpc) is 2.72. The average molecular weight is 389 g/mol. The van der Waals surface area contributed by atoms with E-state index in [1.165, 1.54) is 74.7 Å². The predicted molar refractivity (Wildman–Crippen MR) is 124 cm³/mol. The summed E-state index contributed by atoms with van der Waals surface area (Å²) in [5.41, 5.74) is 4.33. The lowest BCUT2D eigenvalue weighted by Crippen LogP contribution is -2.26. The summed E-state index contributed by atoms with van der Waals surface area (Å²) in [4.78, 5) is 10.5. The Bertz CT molecular complexity index is 512. The van der Waals surface area contributed by atoms with Crippen LogP contribution in [0.5, 0.6) is 0 Å². The van der Waals surface area contributed by atoms with E-state index in [1.807, 2.05) is 0 Å². The van der Waals surface area contributed by atoms with E-state index in [2.05, 4.69) is 48.5 Å². The van der Waals surface area contributed by atoms with Gasteiger partial charge in [0.2, 0.25) is 0 Å². The Hall–Kier alpha value is -0.920. The predicted octanol–water partition coefficient (Wildman–Crippen LogP) is 8.31. The van der Waals surface area contributed by atoms with Crippen LogP contribution < -0.4 is 0 Å². The number of aromatic nitrogens is 2. The van der Waals surface area contributed by atoms with Gasteiger partial charge < -0.3 is 0 Å². The Kier molecular flexibility index (Phi) is 12.0. The van der Waals surface area contributed by atoms with Crippen LogP contribution in [0.4, 0.5) is 0 Å². The molecule has 0 aromatic carbocycles. The van der Waals surface area contributed by atoms with Crippen molar-refractivity contribution in [1.82, 2.24) is 9.97 Å². The Morgan fingerprint density at radius 2 is 1.18 bits per heavy atom. The first-order chi connectivity index (χ1) is 13.5. The third-order valence-corrected chi connectivity index (χ3v) is 6.84. The fraction of sp³-hybridized carbons (Fsp3) is 0.846. The lowest BCUT2D eigenvalue weighted by molar-refractivity contribution is 0.406. The zero-order valence-corrected chi connectivity index (χ0v) is 20.2. The quantitative estimate of drug-likeness (QED) is 0.282. The molecule has 2 nitrogen and oxygen atoms in total. The number of rotatable bonds is 15. The molecule has 162 valence electrons. The van der Waals surface area contributed by atoms with E-state index in [-0.39, 0.29) is 5.41 Å². The van der Waals surface area contributed by atoms with Crippen LogP contribution in [-0.4, -0.2) is 9.97 Å². The highest BCUT2D eigenvalue weighted by molar-refractivity contribution is 5.31. The van der Waals surface area contributed by atoms with Crippen molar-refractivity contribution in [3.63, 3.8) is 0 Å². The van der Waals surface area contributed by atoms with E-state index in [0.29, 0.717) is 5.92 Å². The summed E-state index contributed by atoms with van der Waals surface area (Å²) in [6.45, 7) is 16.2. The number of unbranched alkanes of at least 4 members (excludes halogenated alkanes) is 6. The summed E-state index contributed by atoms with van der Waals surface area (Å²) in [7, 11) is 0.